The Bertz CT molecular complexity index is 304. The van der Waals surface area contributed by atoms with E-state index >= 15 is 0 Å². The summed E-state index contributed by atoms with van der Waals surface area (Å²) in [6.45, 7) is 1.37. The predicted octanol–water partition coefficient (Wildman–Crippen LogP) is 1.29. The highest BCUT2D eigenvalue weighted by atomic mass is 35.5. The number of halogens is 5. The van der Waals surface area contributed by atoms with Crippen LogP contribution in [-0.4, -0.2) is 67.2 Å². The minimum Gasteiger partial charge on any atom is -0.339 e. The Labute approximate surface area is 128 Å². The fraction of sp³-hybridized carbons (Fsp3) is 0.909. The number of alkyl halides is 3. The van der Waals surface area contributed by atoms with Gasteiger partial charge in [0.1, 0.15) is 0 Å². The van der Waals surface area contributed by atoms with E-state index in [1.807, 2.05) is 0 Å². The summed E-state index contributed by atoms with van der Waals surface area (Å²) in [4.78, 5) is 15.0. The molecule has 4 nitrogen and oxygen atoms in total. The molecule has 0 spiro atoms. The summed E-state index contributed by atoms with van der Waals surface area (Å²) in [7, 11) is 0. The molecule has 1 N–H and O–H groups in total. The molecule has 2 aliphatic rings. The van der Waals surface area contributed by atoms with Crippen molar-refractivity contribution in [3.63, 3.8) is 0 Å². The Kier molecular flexibility index (Phi) is 8.16. The number of nitrogens with one attached hydrogen (secondary N) is 1. The van der Waals surface area contributed by atoms with E-state index in [2.05, 4.69) is 5.32 Å². The zero-order chi connectivity index (χ0) is 13.2. The van der Waals surface area contributed by atoms with Crippen molar-refractivity contribution in [1.29, 1.82) is 0 Å². The van der Waals surface area contributed by atoms with Gasteiger partial charge in [-0.25, -0.2) is 0 Å². The smallest absolute Gasteiger partial charge is 0.339 e. The van der Waals surface area contributed by atoms with E-state index in [0.717, 1.165) is 19.4 Å². The second-order valence-electron chi connectivity index (χ2n) is 4.87. The molecule has 9 heteroatoms. The van der Waals surface area contributed by atoms with Crippen LogP contribution in [0.3, 0.4) is 0 Å². The first-order valence-corrected chi connectivity index (χ1v) is 6.27. The summed E-state index contributed by atoms with van der Waals surface area (Å²) in [5.74, 6) is 0.0409. The molecule has 2 saturated heterocycles. The number of carbonyl (C=O) groups is 1. The highest BCUT2D eigenvalue weighted by Crippen LogP contribution is 2.18. The fourth-order valence-corrected chi connectivity index (χ4v) is 2.50. The molecule has 2 aliphatic heterocycles. The van der Waals surface area contributed by atoms with E-state index in [1.165, 1.54) is 4.90 Å². The molecule has 0 radical (unpaired) electrons. The molecule has 2 rings (SSSR count). The minimum absolute atomic E-state index is 0. The first kappa shape index (κ1) is 19.8. The maximum absolute atomic E-state index is 12.2. The SMILES string of the molecule is Cl.Cl.O=C([C@@H]1CCCN1)N1CCN(CC(F)(F)F)CC1. The number of rotatable bonds is 2. The zero-order valence-electron chi connectivity index (χ0n) is 11.0. The lowest BCUT2D eigenvalue weighted by atomic mass is 10.2. The molecular weight excluding hydrogens is 318 g/mol. The monoisotopic (exact) mass is 337 g/mol. The van der Waals surface area contributed by atoms with Gasteiger partial charge >= 0.3 is 6.18 Å². The van der Waals surface area contributed by atoms with Crippen molar-refractivity contribution in [3.05, 3.63) is 0 Å². The Balaban J connectivity index is 0.00000180. The molecule has 0 unspecified atom stereocenters. The largest absolute Gasteiger partial charge is 0.401 e. The van der Waals surface area contributed by atoms with Crippen LogP contribution in [0.1, 0.15) is 12.8 Å². The Hall–Kier alpha value is -0.240. The summed E-state index contributed by atoms with van der Waals surface area (Å²) >= 11 is 0. The molecule has 0 bridgehead atoms. The van der Waals surface area contributed by atoms with Crippen LogP contribution in [-0.2, 0) is 4.79 Å². The van der Waals surface area contributed by atoms with E-state index in [0.29, 0.717) is 26.2 Å². The van der Waals surface area contributed by atoms with Gasteiger partial charge in [-0.05, 0) is 19.4 Å². The van der Waals surface area contributed by atoms with E-state index in [9.17, 15) is 18.0 Å². The van der Waals surface area contributed by atoms with Crippen molar-refractivity contribution in [2.75, 3.05) is 39.3 Å². The standard InChI is InChI=1S/C11H18F3N3O.2ClH/c12-11(13,14)8-16-4-6-17(7-5-16)10(18)9-2-1-3-15-9;;/h9,15H,1-8H2;2*1H/t9-;;/m0../s1. The molecule has 1 atom stereocenters. The average Bonchev–Trinajstić information content (AvgIpc) is 2.80. The maximum atomic E-state index is 12.2. The molecular formula is C11H20Cl2F3N3O. The third-order valence-electron chi connectivity index (χ3n) is 3.45. The number of hydrogen-bond acceptors (Lipinski definition) is 3. The maximum Gasteiger partial charge on any atom is 0.401 e. The van der Waals surface area contributed by atoms with Gasteiger partial charge in [-0.3, -0.25) is 9.69 Å². The summed E-state index contributed by atoms with van der Waals surface area (Å²) in [5.41, 5.74) is 0. The number of nitrogens with zero attached hydrogens (tertiary/aromatic N) is 2. The van der Waals surface area contributed by atoms with Crippen LogP contribution in [0.5, 0.6) is 0 Å². The molecule has 0 aromatic rings. The summed E-state index contributed by atoms with van der Waals surface area (Å²) in [5, 5.41) is 3.12. The number of hydrogen-bond donors (Lipinski definition) is 1. The van der Waals surface area contributed by atoms with Gasteiger partial charge in [-0.1, -0.05) is 0 Å². The van der Waals surface area contributed by atoms with Crippen LogP contribution in [0.25, 0.3) is 0 Å². The molecule has 0 saturated carbocycles. The van der Waals surface area contributed by atoms with Crippen molar-refractivity contribution in [1.82, 2.24) is 15.1 Å². The molecule has 0 aliphatic carbocycles. The van der Waals surface area contributed by atoms with E-state index in [1.54, 1.807) is 4.90 Å². The van der Waals surface area contributed by atoms with Gasteiger partial charge in [0.05, 0.1) is 12.6 Å². The quantitative estimate of drug-likeness (QED) is 0.824. The van der Waals surface area contributed by atoms with Crippen molar-refractivity contribution in [3.8, 4) is 0 Å². The third kappa shape index (κ3) is 5.63. The molecule has 1 amide bonds. The highest BCUT2D eigenvalue weighted by molar-refractivity contribution is 5.85. The second-order valence-corrected chi connectivity index (χ2v) is 4.87. The predicted molar refractivity (Wildman–Crippen MR) is 74.6 cm³/mol. The van der Waals surface area contributed by atoms with Crippen LogP contribution in [0.4, 0.5) is 13.2 Å². The number of piperazine rings is 1. The topological polar surface area (TPSA) is 35.6 Å². The number of amides is 1. The molecule has 120 valence electrons. The summed E-state index contributed by atoms with van der Waals surface area (Å²) in [6, 6.07) is -0.126. The van der Waals surface area contributed by atoms with Gasteiger partial charge in [0.25, 0.3) is 0 Å². The average molecular weight is 338 g/mol. The van der Waals surface area contributed by atoms with Gasteiger partial charge in [0, 0.05) is 26.2 Å². The van der Waals surface area contributed by atoms with Gasteiger partial charge in [-0.2, -0.15) is 13.2 Å². The van der Waals surface area contributed by atoms with E-state index in [4.69, 9.17) is 0 Å². The lowest BCUT2D eigenvalue weighted by molar-refractivity contribution is -0.152. The molecule has 2 heterocycles. The van der Waals surface area contributed by atoms with Gasteiger partial charge in [-0.15, -0.1) is 24.8 Å². The lowest BCUT2D eigenvalue weighted by Crippen LogP contribution is -2.54. The second kappa shape index (κ2) is 8.26. The van der Waals surface area contributed by atoms with Gasteiger partial charge < -0.3 is 10.2 Å². The third-order valence-corrected chi connectivity index (χ3v) is 3.45. The minimum atomic E-state index is -4.15. The molecule has 20 heavy (non-hydrogen) atoms. The first-order chi connectivity index (χ1) is 8.46. The first-order valence-electron chi connectivity index (χ1n) is 6.27. The Morgan fingerprint density at radius 2 is 1.75 bits per heavy atom. The Morgan fingerprint density at radius 3 is 2.20 bits per heavy atom. The zero-order valence-corrected chi connectivity index (χ0v) is 12.6. The summed E-state index contributed by atoms with van der Waals surface area (Å²) in [6.07, 6.45) is -2.33. The molecule has 0 aromatic heterocycles. The van der Waals surface area contributed by atoms with Crippen molar-refractivity contribution in [2.24, 2.45) is 0 Å². The highest BCUT2D eigenvalue weighted by Gasteiger charge is 2.34. The lowest BCUT2D eigenvalue weighted by Gasteiger charge is -2.36. The van der Waals surface area contributed by atoms with Crippen LogP contribution >= 0.6 is 24.8 Å². The van der Waals surface area contributed by atoms with Crippen molar-refractivity contribution >= 4 is 30.7 Å². The van der Waals surface area contributed by atoms with Crippen LogP contribution in [0.2, 0.25) is 0 Å². The summed E-state index contributed by atoms with van der Waals surface area (Å²) < 4.78 is 36.6. The van der Waals surface area contributed by atoms with Crippen molar-refractivity contribution in [2.45, 2.75) is 25.1 Å². The van der Waals surface area contributed by atoms with E-state index < -0.39 is 12.7 Å². The van der Waals surface area contributed by atoms with Gasteiger partial charge in [0.15, 0.2) is 0 Å². The van der Waals surface area contributed by atoms with Crippen LogP contribution in [0, 0.1) is 0 Å². The molecule has 0 aromatic carbocycles. The van der Waals surface area contributed by atoms with Crippen molar-refractivity contribution < 1.29 is 18.0 Å². The fourth-order valence-electron chi connectivity index (χ4n) is 2.50. The van der Waals surface area contributed by atoms with E-state index in [-0.39, 0.29) is 36.8 Å². The number of carbonyl (C=O) groups excluding carboxylic acids is 1. The van der Waals surface area contributed by atoms with Crippen LogP contribution < -0.4 is 5.32 Å². The molecule has 2 fully saturated rings. The van der Waals surface area contributed by atoms with Gasteiger partial charge in [0.2, 0.25) is 5.91 Å². The van der Waals surface area contributed by atoms with Crippen LogP contribution in [0.15, 0.2) is 0 Å². The normalized spacial score (nSPS) is 23.9. The Morgan fingerprint density at radius 1 is 1.15 bits per heavy atom.